The lowest BCUT2D eigenvalue weighted by atomic mass is 9.69. The Labute approximate surface area is 171 Å². The van der Waals surface area contributed by atoms with E-state index in [4.69, 9.17) is 10.7 Å². The van der Waals surface area contributed by atoms with Gasteiger partial charge in [0.2, 0.25) is 5.69 Å². The van der Waals surface area contributed by atoms with Crippen LogP contribution in [0.1, 0.15) is 26.5 Å². The van der Waals surface area contributed by atoms with Crippen LogP contribution in [0.25, 0.3) is 5.57 Å². The van der Waals surface area contributed by atoms with Crippen molar-refractivity contribution < 1.29 is 9.67 Å². The number of nitrogen functional groups attached to an aromatic ring is 1. The molecule has 1 atom stereocenters. The number of aliphatic hydroxyl groups is 1. The predicted molar refractivity (Wildman–Crippen MR) is 116 cm³/mol. The first kappa shape index (κ1) is 19.3. The fraction of sp³-hybridized carbons (Fsp3) is 0.348. The second kappa shape index (κ2) is 7.44. The summed E-state index contributed by atoms with van der Waals surface area (Å²) in [4.78, 5) is 4.91. The normalized spacial score (nSPS) is 20.0. The number of nitrogens with zero attached hydrogens (tertiary/aromatic N) is 4. The van der Waals surface area contributed by atoms with E-state index in [0.29, 0.717) is 18.1 Å². The van der Waals surface area contributed by atoms with Crippen LogP contribution in [0.2, 0.25) is 0 Å². The van der Waals surface area contributed by atoms with E-state index in [1.807, 2.05) is 0 Å². The van der Waals surface area contributed by atoms with E-state index in [-0.39, 0.29) is 17.9 Å². The minimum atomic E-state index is -0.0334. The molecular weight excluding hydrogens is 362 g/mol. The molecule has 0 saturated heterocycles. The third kappa shape index (κ3) is 3.56. The molecule has 1 unspecified atom stereocenters. The average molecular weight is 391 g/mol. The van der Waals surface area contributed by atoms with Gasteiger partial charge in [0.1, 0.15) is 11.5 Å². The van der Waals surface area contributed by atoms with Crippen LogP contribution in [0.3, 0.4) is 0 Å². The minimum Gasteiger partial charge on any atom is -0.394 e. The van der Waals surface area contributed by atoms with Crippen molar-refractivity contribution in [3.05, 3.63) is 66.2 Å². The summed E-state index contributed by atoms with van der Waals surface area (Å²) in [6, 6.07) is 6.32. The van der Waals surface area contributed by atoms with Gasteiger partial charge in [0.25, 0.3) is 0 Å². The fourth-order valence-electron chi connectivity index (χ4n) is 4.18. The fourth-order valence-corrected chi connectivity index (χ4v) is 4.18. The molecule has 6 heteroatoms. The Morgan fingerprint density at radius 1 is 1.34 bits per heavy atom. The van der Waals surface area contributed by atoms with Crippen molar-refractivity contribution in [2.75, 3.05) is 12.3 Å². The summed E-state index contributed by atoms with van der Waals surface area (Å²) in [6.07, 6.45) is 12.4. The number of hydrogen-bond donors (Lipinski definition) is 2. The molecule has 3 heterocycles. The van der Waals surface area contributed by atoms with Crippen molar-refractivity contribution in [1.29, 1.82) is 0 Å². The zero-order valence-corrected chi connectivity index (χ0v) is 17.2. The van der Waals surface area contributed by atoms with Gasteiger partial charge in [-0.1, -0.05) is 32.9 Å². The first-order chi connectivity index (χ1) is 13.9. The van der Waals surface area contributed by atoms with Crippen molar-refractivity contribution in [3.63, 3.8) is 0 Å². The Morgan fingerprint density at radius 3 is 2.93 bits per heavy atom. The summed E-state index contributed by atoms with van der Waals surface area (Å²) in [5, 5.41) is 13.4. The van der Waals surface area contributed by atoms with Crippen LogP contribution >= 0.6 is 0 Å². The van der Waals surface area contributed by atoms with Crippen molar-refractivity contribution >= 4 is 22.8 Å². The highest BCUT2D eigenvalue weighted by molar-refractivity contribution is 6.05. The Kier molecular flexibility index (Phi) is 4.96. The van der Waals surface area contributed by atoms with Gasteiger partial charge in [-0.25, -0.2) is 9.67 Å². The molecule has 0 spiro atoms. The first-order valence-corrected chi connectivity index (χ1v) is 9.98. The highest BCUT2D eigenvalue weighted by atomic mass is 16.3. The van der Waals surface area contributed by atoms with Crippen molar-refractivity contribution in [1.82, 2.24) is 9.78 Å². The second-order valence-electron chi connectivity index (χ2n) is 8.53. The summed E-state index contributed by atoms with van der Waals surface area (Å²) < 4.78 is 3.85. The van der Waals surface area contributed by atoms with Gasteiger partial charge in [0.15, 0.2) is 12.7 Å². The molecule has 4 rings (SSSR count). The Balaban J connectivity index is 1.76. The van der Waals surface area contributed by atoms with E-state index < -0.39 is 0 Å². The largest absolute Gasteiger partial charge is 0.394 e. The van der Waals surface area contributed by atoms with Crippen LogP contribution in [0.15, 0.2) is 65.5 Å². The molecule has 29 heavy (non-hydrogen) atoms. The van der Waals surface area contributed by atoms with E-state index >= 15 is 0 Å². The van der Waals surface area contributed by atoms with Gasteiger partial charge in [0.05, 0.1) is 24.9 Å². The quantitative estimate of drug-likeness (QED) is 0.788. The van der Waals surface area contributed by atoms with Crippen LogP contribution in [-0.2, 0) is 13.1 Å². The lowest BCUT2D eigenvalue weighted by Crippen LogP contribution is -2.34. The molecule has 0 amide bonds. The minimum absolute atomic E-state index is 0.00940. The van der Waals surface area contributed by atoms with E-state index in [1.165, 1.54) is 16.8 Å². The molecule has 0 radical (unpaired) electrons. The summed E-state index contributed by atoms with van der Waals surface area (Å²) in [6.45, 7) is 7.97. The maximum absolute atomic E-state index is 9.18. The predicted octanol–water partition coefficient (Wildman–Crippen LogP) is 3.07. The van der Waals surface area contributed by atoms with E-state index in [2.05, 4.69) is 79.1 Å². The summed E-state index contributed by atoms with van der Waals surface area (Å²) >= 11 is 0. The number of allylic oxidation sites excluding steroid dienone is 6. The third-order valence-corrected chi connectivity index (χ3v) is 5.46. The molecule has 2 aromatic rings. The zero-order chi connectivity index (χ0) is 20.6. The summed E-state index contributed by atoms with van der Waals surface area (Å²) in [7, 11) is 0. The van der Waals surface area contributed by atoms with Gasteiger partial charge in [-0.05, 0) is 29.2 Å². The molecule has 6 nitrogen and oxygen atoms in total. The topological polar surface area (TPSA) is 80.3 Å². The molecule has 150 valence electrons. The van der Waals surface area contributed by atoms with Gasteiger partial charge in [-0.15, -0.1) is 0 Å². The van der Waals surface area contributed by atoms with Crippen LogP contribution in [0.5, 0.6) is 0 Å². The van der Waals surface area contributed by atoms with Crippen molar-refractivity contribution in [2.24, 2.45) is 16.3 Å². The first-order valence-electron chi connectivity index (χ1n) is 9.98. The Morgan fingerprint density at radius 2 is 2.17 bits per heavy atom. The zero-order valence-electron chi connectivity index (χ0n) is 17.2. The summed E-state index contributed by atoms with van der Waals surface area (Å²) in [5.41, 5.74) is 11.6. The molecule has 0 bridgehead atoms. The molecule has 1 aliphatic heterocycles. The van der Waals surface area contributed by atoms with Gasteiger partial charge in [0, 0.05) is 23.8 Å². The number of fused-ring (bicyclic) bond motifs is 1. The number of aliphatic hydroxyl groups excluding tert-OH is 1. The van der Waals surface area contributed by atoms with Gasteiger partial charge in [-0.3, -0.25) is 0 Å². The molecule has 1 aliphatic carbocycles. The second-order valence-corrected chi connectivity index (χ2v) is 8.53. The third-order valence-electron chi connectivity index (χ3n) is 5.46. The number of rotatable bonds is 4. The number of nitrogens with two attached hydrogens (primary N) is 1. The maximum atomic E-state index is 9.18. The van der Waals surface area contributed by atoms with E-state index in [1.54, 1.807) is 10.9 Å². The van der Waals surface area contributed by atoms with Crippen molar-refractivity contribution in [2.45, 2.75) is 33.9 Å². The molecule has 0 saturated carbocycles. The standard InChI is InChI=1S/C23H28N5O/c1-23(2,3)21-17(16-10-12-27-11-5-4-9-20(16)27)7-6-8-18(21)26-19-15-25-28(13-14-29)22(19)24/h4-11,15,21,29H,12-14,24H2,1-3H3/q+1. The van der Waals surface area contributed by atoms with Crippen molar-refractivity contribution in [3.8, 4) is 0 Å². The smallest absolute Gasteiger partial charge is 0.212 e. The number of aliphatic imine (C=N–C) groups is 1. The number of pyridine rings is 1. The summed E-state index contributed by atoms with van der Waals surface area (Å²) in [5.74, 6) is 0.593. The van der Waals surface area contributed by atoms with Crippen LogP contribution < -0.4 is 10.3 Å². The van der Waals surface area contributed by atoms with Gasteiger partial charge in [-0.2, -0.15) is 9.67 Å². The monoisotopic (exact) mass is 390 g/mol. The van der Waals surface area contributed by atoms with Gasteiger partial charge >= 0.3 is 0 Å². The Hall–Kier alpha value is -2.99. The molecule has 0 fully saturated rings. The highest BCUT2D eigenvalue weighted by Crippen LogP contribution is 2.43. The maximum Gasteiger partial charge on any atom is 0.212 e. The molecule has 2 aliphatic rings. The molecule has 0 aromatic carbocycles. The number of aromatic nitrogens is 3. The average Bonchev–Trinajstić information content (AvgIpc) is 3.26. The number of hydrogen-bond acceptors (Lipinski definition) is 4. The Bertz CT molecular complexity index is 1050. The lowest BCUT2D eigenvalue weighted by molar-refractivity contribution is -0.684. The highest BCUT2D eigenvalue weighted by Gasteiger charge is 2.37. The van der Waals surface area contributed by atoms with Crippen LogP contribution in [-0.4, -0.2) is 27.2 Å². The van der Waals surface area contributed by atoms with Crippen LogP contribution in [0, 0.1) is 11.3 Å². The number of anilines is 1. The molecule has 3 N–H and O–H groups in total. The van der Waals surface area contributed by atoms with E-state index in [9.17, 15) is 5.11 Å². The molecule has 2 aromatic heterocycles. The molecular formula is C23H28N5O+. The lowest BCUT2D eigenvalue weighted by Gasteiger charge is -2.34. The SMILES string of the molecule is CC(C)(C)C1C(C2=CC[n+]3ccccc32)=CC=CC1=Nc1cnn(CCO)c1N. The van der Waals surface area contributed by atoms with E-state index in [0.717, 1.165) is 12.3 Å². The van der Waals surface area contributed by atoms with Gasteiger partial charge < -0.3 is 10.8 Å². The van der Waals surface area contributed by atoms with Crippen LogP contribution in [0.4, 0.5) is 11.5 Å².